The summed E-state index contributed by atoms with van der Waals surface area (Å²) in [5.41, 5.74) is 0.882. The number of carbonyl (C=O) groups is 3. The van der Waals surface area contributed by atoms with E-state index in [1.165, 1.54) is 11.0 Å². The molecule has 6 nitrogen and oxygen atoms in total. The lowest BCUT2D eigenvalue weighted by molar-refractivity contribution is -0.133. The maximum absolute atomic E-state index is 12.7. The highest BCUT2D eigenvalue weighted by molar-refractivity contribution is 5.99. The summed E-state index contributed by atoms with van der Waals surface area (Å²) in [5, 5.41) is 0. The molecule has 0 aliphatic carbocycles. The molecule has 0 saturated carbocycles. The van der Waals surface area contributed by atoms with E-state index in [4.69, 9.17) is 4.74 Å². The minimum absolute atomic E-state index is 0.0603. The molecular formula is C25H36N2O4. The molecule has 0 unspecified atom stereocenters. The van der Waals surface area contributed by atoms with E-state index in [1.54, 1.807) is 0 Å². The van der Waals surface area contributed by atoms with Crippen LogP contribution in [-0.2, 0) is 14.3 Å². The first-order valence-corrected chi connectivity index (χ1v) is 11.2. The van der Waals surface area contributed by atoms with Crippen LogP contribution in [0.15, 0.2) is 42.5 Å². The van der Waals surface area contributed by atoms with Gasteiger partial charge in [-0.15, -0.1) is 0 Å². The van der Waals surface area contributed by atoms with Gasteiger partial charge in [0, 0.05) is 19.5 Å². The lowest BCUT2D eigenvalue weighted by Gasteiger charge is -2.23. The summed E-state index contributed by atoms with van der Waals surface area (Å²) >= 11 is 0. The lowest BCUT2D eigenvalue weighted by atomic mass is 9.94. The number of cyclic esters (lactones) is 1. The Morgan fingerprint density at radius 1 is 1.23 bits per heavy atom. The normalized spacial score (nSPS) is 19.2. The molecule has 0 aromatic heterocycles. The third-order valence-corrected chi connectivity index (χ3v) is 6.00. The number of amides is 3. The van der Waals surface area contributed by atoms with Crippen LogP contribution in [0.4, 0.5) is 4.79 Å². The molecule has 1 saturated heterocycles. The first-order chi connectivity index (χ1) is 14.7. The first-order valence-electron chi connectivity index (χ1n) is 11.2. The van der Waals surface area contributed by atoms with Gasteiger partial charge in [-0.3, -0.25) is 9.59 Å². The molecule has 3 amide bonds. The van der Waals surface area contributed by atoms with Gasteiger partial charge in [-0.25, -0.2) is 9.69 Å². The van der Waals surface area contributed by atoms with E-state index in [0.29, 0.717) is 5.92 Å². The average Bonchev–Trinajstić information content (AvgIpc) is 3.16. The second kappa shape index (κ2) is 11.7. The number of nitrogens with zero attached hydrogens (tertiary/aromatic N) is 2. The molecule has 1 heterocycles. The van der Waals surface area contributed by atoms with Crippen LogP contribution < -0.4 is 0 Å². The summed E-state index contributed by atoms with van der Waals surface area (Å²) in [6.07, 6.45) is 5.42. The molecule has 0 bridgehead atoms. The minimum atomic E-state index is -0.599. The van der Waals surface area contributed by atoms with E-state index >= 15 is 0 Å². The Balaban J connectivity index is 1.86. The van der Waals surface area contributed by atoms with Crippen LogP contribution in [0.1, 0.15) is 58.6 Å². The van der Waals surface area contributed by atoms with Crippen LogP contribution in [0.25, 0.3) is 0 Å². The summed E-state index contributed by atoms with van der Waals surface area (Å²) in [5.74, 6) is 0.498. The van der Waals surface area contributed by atoms with E-state index in [9.17, 15) is 14.4 Å². The average molecular weight is 429 g/mol. The smallest absolute Gasteiger partial charge is 0.417 e. The van der Waals surface area contributed by atoms with Gasteiger partial charge in [0.15, 0.2) is 0 Å². The Labute approximate surface area is 186 Å². The van der Waals surface area contributed by atoms with Crippen molar-refractivity contribution >= 4 is 17.9 Å². The van der Waals surface area contributed by atoms with E-state index in [2.05, 4.69) is 13.8 Å². The predicted molar refractivity (Wildman–Crippen MR) is 121 cm³/mol. The number of benzene rings is 1. The number of hydrogen-bond acceptors (Lipinski definition) is 4. The van der Waals surface area contributed by atoms with Crippen LogP contribution in [0.2, 0.25) is 0 Å². The number of imide groups is 1. The zero-order valence-corrected chi connectivity index (χ0v) is 19.4. The highest BCUT2D eigenvalue weighted by atomic mass is 16.6. The van der Waals surface area contributed by atoms with E-state index < -0.39 is 12.1 Å². The summed E-state index contributed by atoms with van der Waals surface area (Å²) < 4.78 is 5.12. The van der Waals surface area contributed by atoms with Gasteiger partial charge in [-0.1, -0.05) is 64.1 Å². The molecule has 4 atom stereocenters. The minimum Gasteiger partial charge on any atom is -0.446 e. The van der Waals surface area contributed by atoms with Crippen molar-refractivity contribution < 1.29 is 19.1 Å². The van der Waals surface area contributed by atoms with Crippen molar-refractivity contribution in [2.75, 3.05) is 20.2 Å². The van der Waals surface area contributed by atoms with Gasteiger partial charge in [0.25, 0.3) is 5.91 Å². The van der Waals surface area contributed by atoms with Crippen LogP contribution in [0.5, 0.6) is 0 Å². The molecule has 0 N–H and O–H groups in total. The molecule has 1 aliphatic rings. The molecule has 1 aliphatic heterocycles. The number of carbonyl (C=O) groups excluding carboxylic acids is 3. The summed E-state index contributed by atoms with van der Waals surface area (Å²) in [4.78, 5) is 40.0. The second-order valence-electron chi connectivity index (χ2n) is 8.75. The molecule has 0 radical (unpaired) electrons. The topological polar surface area (TPSA) is 66.9 Å². The zero-order valence-electron chi connectivity index (χ0n) is 19.4. The monoisotopic (exact) mass is 428 g/mol. The van der Waals surface area contributed by atoms with E-state index in [1.807, 2.05) is 62.2 Å². The molecule has 2 rings (SSSR count). The number of rotatable bonds is 10. The van der Waals surface area contributed by atoms with Crippen molar-refractivity contribution in [3.05, 3.63) is 48.0 Å². The second-order valence-corrected chi connectivity index (χ2v) is 8.75. The van der Waals surface area contributed by atoms with Crippen LogP contribution in [-0.4, -0.2) is 47.9 Å². The van der Waals surface area contributed by atoms with Gasteiger partial charge in [-0.05, 0) is 42.7 Å². The van der Waals surface area contributed by atoms with Crippen LogP contribution in [0, 0.1) is 17.8 Å². The van der Waals surface area contributed by atoms with Crippen molar-refractivity contribution in [1.82, 2.24) is 9.80 Å². The highest BCUT2D eigenvalue weighted by Crippen LogP contribution is 2.28. The van der Waals surface area contributed by atoms with E-state index in [0.717, 1.165) is 31.4 Å². The van der Waals surface area contributed by atoms with Gasteiger partial charge in [0.2, 0.25) is 5.91 Å². The third-order valence-electron chi connectivity index (χ3n) is 6.00. The highest BCUT2D eigenvalue weighted by Gasteiger charge is 2.37. The van der Waals surface area contributed by atoms with Crippen molar-refractivity contribution in [3.63, 3.8) is 0 Å². The van der Waals surface area contributed by atoms with Gasteiger partial charge in [0.05, 0.1) is 0 Å². The number of ether oxygens (including phenoxy) is 1. The van der Waals surface area contributed by atoms with E-state index in [-0.39, 0.29) is 30.3 Å². The molecule has 1 aromatic rings. The standard InChI is InChI=1S/C25H36N2O4/c1-6-20(4)24(29)26(5)15-14-19(3)16-18(2)12-13-23(28)27-22(17-31-25(27)30)21-10-8-7-9-11-21/h7-13,18-20,22H,6,14-17H2,1-5H3/b13-12+/t18-,19-,20-,22-/m1/s1. The Kier molecular flexibility index (Phi) is 9.28. The number of hydrogen-bond donors (Lipinski definition) is 0. The summed E-state index contributed by atoms with van der Waals surface area (Å²) in [7, 11) is 1.86. The Hall–Kier alpha value is -2.63. The maximum Gasteiger partial charge on any atom is 0.417 e. The number of allylic oxidation sites excluding steroid dienone is 1. The summed E-state index contributed by atoms with van der Waals surface area (Å²) in [6.45, 7) is 9.13. The molecule has 6 heteroatoms. The van der Waals surface area contributed by atoms with Crippen LogP contribution in [0.3, 0.4) is 0 Å². The quantitative estimate of drug-likeness (QED) is 0.501. The molecule has 170 valence electrons. The van der Waals surface area contributed by atoms with Crippen molar-refractivity contribution in [2.45, 2.75) is 53.0 Å². The first kappa shape index (κ1) is 24.6. The SMILES string of the molecule is CC[C@@H](C)C(=O)N(C)CC[C@@H](C)C[C@H](C)/C=C/C(=O)N1C(=O)OC[C@@H]1c1ccccc1. The fourth-order valence-corrected chi connectivity index (χ4v) is 3.82. The fraction of sp³-hybridized carbons (Fsp3) is 0.560. The lowest BCUT2D eigenvalue weighted by Crippen LogP contribution is -2.33. The molecule has 31 heavy (non-hydrogen) atoms. The Morgan fingerprint density at radius 2 is 1.90 bits per heavy atom. The zero-order chi connectivity index (χ0) is 23.0. The molecular weight excluding hydrogens is 392 g/mol. The Bertz CT molecular complexity index is 777. The molecule has 1 fully saturated rings. The van der Waals surface area contributed by atoms with Gasteiger partial charge in [-0.2, -0.15) is 0 Å². The van der Waals surface area contributed by atoms with Gasteiger partial charge in [0.1, 0.15) is 12.6 Å². The third kappa shape index (κ3) is 6.94. The summed E-state index contributed by atoms with van der Waals surface area (Å²) in [6, 6.07) is 9.06. The van der Waals surface area contributed by atoms with Crippen LogP contribution >= 0.6 is 0 Å². The maximum atomic E-state index is 12.7. The Morgan fingerprint density at radius 3 is 2.55 bits per heavy atom. The molecule has 1 aromatic carbocycles. The van der Waals surface area contributed by atoms with Gasteiger partial charge >= 0.3 is 6.09 Å². The molecule has 0 spiro atoms. The van der Waals surface area contributed by atoms with Crippen molar-refractivity contribution in [2.24, 2.45) is 17.8 Å². The van der Waals surface area contributed by atoms with Crippen molar-refractivity contribution in [3.8, 4) is 0 Å². The van der Waals surface area contributed by atoms with Crippen molar-refractivity contribution in [1.29, 1.82) is 0 Å². The van der Waals surface area contributed by atoms with Gasteiger partial charge < -0.3 is 9.64 Å². The predicted octanol–water partition coefficient (Wildman–Crippen LogP) is 4.82. The fourth-order valence-electron chi connectivity index (χ4n) is 3.82. The largest absolute Gasteiger partial charge is 0.446 e.